The Morgan fingerprint density at radius 1 is 1.31 bits per heavy atom. The van der Waals surface area contributed by atoms with E-state index in [0.717, 1.165) is 11.4 Å². The fourth-order valence-electron chi connectivity index (χ4n) is 0.895. The quantitative estimate of drug-likeness (QED) is 0.733. The van der Waals surface area contributed by atoms with Crippen molar-refractivity contribution in [2.24, 2.45) is 0 Å². The Bertz CT molecular complexity index is 385. The van der Waals surface area contributed by atoms with Gasteiger partial charge in [0.05, 0.1) is 24.3 Å². The van der Waals surface area contributed by atoms with Crippen LogP contribution in [0.2, 0.25) is 0 Å². The second-order valence-corrected chi connectivity index (χ2v) is 2.95. The number of hydrogen-bond acceptors (Lipinski definition) is 4. The zero-order chi connectivity index (χ0) is 9.10. The summed E-state index contributed by atoms with van der Waals surface area (Å²) < 4.78 is 1.64. The molecule has 0 aliphatic carbocycles. The van der Waals surface area contributed by atoms with Gasteiger partial charge in [0.25, 0.3) is 0 Å². The molecular formula is C7H6BrN5. The molecule has 2 rings (SSSR count). The van der Waals surface area contributed by atoms with E-state index in [2.05, 4.69) is 36.2 Å². The molecule has 0 aliphatic rings. The van der Waals surface area contributed by atoms with Crippen molar-refractivity contribution in [3.8, 4) is 5.69 Å². The molecular weight excluding hydrogens is 234 g/mol. The zero-order valence-electron chi connectivity index (χ0n) is 6.63. The summed E-state index contributed by atoms with van der Waals surface area (Å²) in [6.45, 7) is 0. The molecule has 0 bridgehead atoms. The van der Waals surface area contributed by atoms with Gasteiger partial charge in [-0.05, 0) is 0 Å². The van der Waals surface area contributed by atoms with E-state index < -0.39 is 0 Å². The van der Waals surface area contributed by atoms with Crippen molar-refractivity contribution < 1.29 is 0 Å². The predicted octanol–water partition coefficient (Wildman–Crippen LogP) is 0.952. The van der Waals surface area contributed by atoms with Crippen molar-refractivity contribution >= 4 is 15.9 Å². The Hall–Kier alpha value is -1.30. The van der Waals surface area contributed by atoms with Crippen molar-refractivity contribution in [3.63, 3.8) is 0 Å². The second-order valence-electron chi connectivity index (χ2n) is 2.38. The maximum absolute atomic E-state index is 3.92. The molecule has 0 saturated carbocycles. The van der Waals surface area contributed by atoms with Gasteiger partial charge in [-0.15, -0.1) is 5.10 Å². The third-order valence-corrected chi connectivity index (χ3v) is 2.06. The van der Waals surface area contributed by atoms with Gasteiger partial charge < -0.3 is 0 Å². The van der Waals surface area contributed by atoms with Gasteiger partial charge in [0.15, 0.2) is 0 Å². The van der Waals surface area contributed by atoms with Gasteiger partial charge in [-0.2, -0.15) is 0 Å². The van der Waals surface area contributed by atoms with Crippen LogP contribution in [0.1, 0.15) is 5.69 Å². The van der Waals surface area contributed by atoms with E-state index in [9.17, 15) is 0 Å². The molecule has 0 aromatic carbocycles. The number of nitrogens with zero attached hydrogens (tertiary/aromatic N) is 5. The van der Waals surface area contributed by atoms with E-state index in [-0.39, 0.29) is 0 Å². The van der Waals surface area contributed by atoms with Crippen molar-refractivity contribution in [1.29, 1.82) is 0 Å². The van der Waals surface area contributed by atoms with E-state index in [4.69, 9.17) is 0 Å². The molecule has 2 aromatic heterocycles. The summed E-state index contributed by atoms with van der Waals surface area (Å²) in [7, 11) is 0. The maximum atomic E-state index is 3.92. The van der Waals surface area contributed by atoms with Crippen LogP contribution in [-0.4, -0.2) is 25.0 Å². The smallest absolute Gasteiger partial charge is 0.115 e. The molecule has 0 atom stereocenters. The fourth-order valence-corrected chi connectivity index (χ4v) is 1.15. The van der Waals surface area contributed by atoms with Gasteiger partial charge in [0.2, 0.25) is 0 Å². The molecule has 2 heterocycles. The molecule has 0 saturated heterocycles. The minimum Gasteiger partial charge on any atom is -0.243 e. The highest BCUT2D eigenvalue weighted by atomic mass is 79.9. The average molecular weight is 240 g/mol. The minimum atomic E-state index is 0.695. The van der Waals surface area contributed by atoms with Gasteiger partial charge in [-0.3, -0.25) is 0 Å². The SMILES string of the molecule is BrCc1cn(-c2cncnc2)nn1. The van der Waals surface area contributed by atoms with Gasteiger partial charge in [0.1, 0.15) is 12.0 Å². The van der Waals surface area contributed by atoms with Crippen molar-refractivity contribution in [2.75, 3.05) is 0 Å². The lowest BCUT2D eigenvalue weighted by Crippen LogP contribution is -1.95. The summed E-state index contributed by atoms with van der Waals surface area (Å²) in [5.41, 5.74) is 1.69. The Kier molecular flexibility index (Phi) is 2.31. The van der Waals surface area contributed by atoms with Gasteiger partial charge >= 0.3 is 0 Å². The third-order valence-electron chi connectivity index (χ3n) is 1.49. The van der Waals surface area contributed by atoms with E-state index >= 15 is 0 Å². The average Bonchev–Trinajstić information content (AvgIpc) is 2.67. The highest BCUT2D eigenvalue weighted by Crippen LogP contribution is 2.04. The zero-order valence-corrected chi connectivity index (χ0v) is 8.22. The van der Waals surface area contributed by atoms with Crippen LogP contribution in [0, 0.1) is 0 Å². The predicted molar refractivity (Wildman–Crippen MR) is 49.6 cm³/mol. The van der Waals surface area contributed by atoms with E-state index in [0.29, 0.717) is 5.33 Å². The number of alkyl halides is 1. The maximum Gasteiger partial charge on any atom is 0.115 e. The van der Waals surface area contributed by atoms with Crippen LogP contribution >= 0.6 is 15.9 Å². The molecule has 66 valence electrons. The fraction of sp³-hybridized carbons (Fsp3) is 0.143. The molecule has 5 nitrogen and oxygen atoms in total. The van der Waals surface area contributed by atoms with Gasteiger partial charge in [-0.25, -0.2) is 14.6 Å². The summed E-state index contributed by atoms with van der Waals surface area (Å²) in [4.78, 5) is 7.77. The lowest BCUT2D eigenvalue weighted by Gasteiger charge is -1.95. The van der Waals surface area contributed by atoms with Gasteiger partial charge in [-0.1, -0.05) is 21.1 Å². The van der Waals surface area contributed by atoms with E-state index in [1.165, 1.54) is 6.33 Å². The van der Waals surface area contributed by atoms with Crippen LogP contribution in [0.15, 0.2) is 24.9 Å². The lowest BCUT2D eigenvalue weighted by molar-refractivity contribution is 0.791. The first kappa shape index (κ1) is 8.31. The van der Waals surface area contributed by atoms with Crippen molar-refractivity contribution in [1.82, 2.24) is 25.0 Å². The highest BCUT2D eigenvalue weighted by molar-refractivity contribution is 9.08. The van der Waals surface area contributed by atoms with Crippen molar-refractivity contribution in [3.05, 3.63) is 30.6 Å². The Balaban J connectivity index is 2.36. The first-order valence-corrected chi connectivity index (χ1v) is 4.75. The topological polar surface area (TPSA) is 56.5 Å². The van der Waals surface area contributed by atoms with Crippen LogP contribution in [0.4, 0.5) is 0 Å². The van der Waals surface area contributed by atoms with E-state index in [1.807, 2.05) is 6.20 Å². The molecule has 0 spiro atoms. The Labute approximate surface area is 83.0 Å². The molecule has 13 heavy (non-hydrogen) atoms. The lowest BCUT2D eigenvalue weighted by atomic mass is 10.5. The molecule has 0 aliphatic heterocycles. The first-order valence-electron chi connectivity index (χ1n) is 3.63. The van der Waals surface area contributed by atoms with Crippen LogP contribution < -0.4 is 0 Å². The van der Waals surface area contributed by atoms with Crippen LogP contribution in [-0.2, 0) is 5.33 Å². The van der Waals surface area contributed by atoms with E-state index in [1.54, 1.807) is 17.1 Å². The highest BCUT2D eigenvalue weighted by Gasteiger charge is 2.00. The summed E-state index contributed by atoms with van der Waals surface area (Å²) in [5.74, 6) is 0. The molecule has 6 heteroatoms. The monoisotopic (exact) mass is 239 g/mol. The summed E-state index contributed by atoms with van der Waals surface area (Å²) in [6.07, 6.45) is 6.67. The number of aromatic nitrogens is 5. The Morgan fingerprint density at radius 2 is 2.08 bits per heavy atom. The first-order chi connectivity index (χ1) is 6.40. The van der Waals surface area contributed by atoms with Gasteiger partial charge in [0, 0.05) is 5.33 Å². The molecule has 0 N–H and O–H groups in total. The molecule has 2 aromatic rings. The summed E-state index contributed by atoms with van der Waals surface area (Å²) in [6, 6.07) is 0. The molecule has 0 fully saturated rings. The molecule has 0 unspecified atom stereocenters. The largest absolute Gasteiger partial charge is 0.243 e. The number of rotatable bonds is 2. The van der Waals surface area contributed by atoms with Crippen LogP contribution in [0.3, 0.4) is 0 Å². The minimum absolute atomic E-state index is 0.695. The third kappa shape index (κ3) is 1.72. The van der Waals surface area contributed by atoms with Crippen molar-refractivity contribution in [2.45, 2.75) is 5.33 Å². The number of halogens is 1. The van der Waals surface area contributed by atoms with Crippen LogP contribution in [0.5, 0.6) is 0 Å². The second kappa shape index (κ2) is 3.61. The molecule has 0 amide bonds. The number of hydrogen-bond donors (Lipinski definition) is 0. The Morgan fingerprint density at radius 3 is 2.69 bits per heavy atom. The summed E-state index contributed by atoms with van der Waals surface area (Å²) in [5, 5.41) is 8.53. The van der Waals surface area contributed by atoms with Crippen LogP contribution in [0.25, 0.3) is 5.69 Å². The normalized spacial score (nSPS) is 10.2. The molecule has 0 radical (unpaired) electrons. The standard InChI is InChI=1S/C7H6BrN5/c8-1-6-4-13(12-11-6)7-2-9-5-10-3-7/h2-5H,1H2. The summed E-state index contributed by atoms with van der Waals surface area (Å²) >= 11 is 3.30.